The van der Waals surface area contributed by atoms with Gasteiger partial charge in [0.05, 0.1) is 4.90 Å². The Morgan fingerprint density at radius 2 is 1.54 bits per heavy atom. The summed E-state index contributed by atoms with van der Waals surface area (Å²) in [6.45, 7) is 1.73. The van der Waals surface area contributed by atoms with Gasteiger partial charge in [-0.1, -0.05) is 12.1 Å². The number of amides is 1. The minimum Gasteiger partial charge on any atom is -0.356 e. The number of nitrogens with zero attached hydrogens (tertiary/aromatic N) is 1. The molecular formula is C28H41N3O7S. The normalized spacial score (nSPS) is 31.1. The quantitative estimate of drug-likeness (QED) is 0.347. The molecule has 0 unspecified atom stereocenters. The molecule has 2 aliphatic heterocycles. The summed E-state index contributed by atoms with van der Waals surface area (Å²) in [5.41, 5.74) is 6.38. The van der Waals surface area contributed by atoms with E-state index in [0.29, 0.717) is 50.6 Å². The van der Waals surface area contributed by atoms with Gasteiger partial charge in [-0.3, -0.25) is 4.79 Å². The average Bonchev–Trinajstić information content (AvgIpc) is 2.94. The molecule has 6 aliphatic rings. The van der Waals surface area contributed by atoms with Crippen molar-refractivity contribution in [3.8, 4) is 0 Å². The van der Waals surface area contributed by atoms with Crippen molar-refractivity contribution in [3.63, 3.8) is 0 Å². The third-order valence-electron chi connectivity index (χ3n) is 9.56. The number of unbranched alkanes of at least 4 members (excludes halogenated alkanes) is 1. The molecule has 0 radical (unpaired) electrons. The predicted molar refractivity (Wildman–Crippen MR) is 141 cm³/mol. The maximum Gasteiger partial charge on any atom is 0.243 e. The molecule has 2 spiro atoms. The Morgan fingerprint density at radius 3 is 2.13 bits per heavy atom. The van der Waals surface area contributed by atoms with Crippen LogP contribution < -0.4 is 11.1 Å². The summed E-state index contributed by atoms with van der Waals surface area (Å²) >= 11 is 0. The van der Waals surface area contributed by atoms with Gasteiger partial charge in [0.15, 0.2) is 0 Å². The zero-order chi connectivity index (χ0) is 27.1. The van der Waals surface area contributed by atoms with Gasteiger partial charge in [0.25, 0.3) is 0 Å². The van der Waals surface area contributed by atoms with E-state index in [-0.39, 0.29) is 23.9 Å². The number of carbonyl (C=O) groups excluding carboxylic acids is 1. The molecule has 1 aromatic carbocycles. The van der Waals surface area contributed by atoms with Gasteiger partial charge in [0.2, 0.25) is 27.5 Å². The van der Waals surface area contributed by atoms with E-state index in [2.05, 4.69) is 5.32 Å². The highest BCUT2D eigenvalue weighted by molar-refractivity contribution is 7.89. The topological polar surface area (TPSA) is 129 Å². The molecule has 7 rings (SSSR count). The van der Waals surface area contributed by atoms with E-state index in [0.717, 1.165) is 55.9 Å². The average molecular weight is 564 g/mol. The molecule has 4 aliphatic carbocycles. The van der Waals surface area contributed by atoms with Gasteiger partial charge in [-0.25, -0.2) is 8.42 Å². The molecule has 4 bridgehead atoms. The Balaban J connectivity index is 0.996. The first-order chi connectivity index (χ1) is 18.8. The summed E-state index contributed by atoms with van der Waals surface area (Å²) in [6.07, 6.45) is 9.02. The monoisotopic (exact) mass is 563 g/mol. The third-order valence-corrected chi connectivity index (χ3v) is 11.5. The van der Waals surface area contributed by atoms with Crippen molar-refractivity contribution >= 4 is 15.9 Å². The van der Waals surface area contributed by atoms with Gasteiger partial charge in [-0.15, -0.1) is 0 Å². The van der Waals surface area contributed by atoms with Crippen LogP contribution in [0.2, 0.25) is 0 Å². The Kier molecular flexibility index (Phi) is 7.77. The number of benzene rings is 1. The largest absolute Gasteiger partial charge is 0.356 e. The van der Waals surface area contributed by atoms with Crippen LogP contribution in [0, 0.1) is 23.7 Å². The van der Waals surface area contributed by atoms with Crippen LogP contribution in [0.4, 0.5) is 0 Å². The summed E-state index contributed by atoms with van der Waals surface area (Å²) in [6, 6.07) is 6.79. The van der Waals surface area contributed by atoms with Crippen molar-refractivity contribution in [2.45, 2.75) is 87.1 Å². The van der Waals surface area contributed by atoms with Crippen molar-refractivity contribution in [1.82, 2.24) is 9.62 Å². The molecule has 11 heteroatoms. The van der Waals surface area contributed by atoms with Crippen LogP contribution in [0.5, 0.6) is 0 Å². The summed E-state index contributed by atoms with van der Waals surface area (Å²) in [5.74, 6) is 0.213. The van der Waals surface area contributed by atoms with Gasteiger partial charge in [-0.05, 0) is 87.4 Å². The highest BCUT2D eigenvalue weighted by atomic mass is 32.2. The lowest BCUT2D eigenvalue weighted by molar-refractivity contribution is -0.680. The van der Waals surface area contributed by atoms with Gasteiger partial charge in [0.1, 0.15) is 0 Å². The van der Waals surface area contributed by atoms with E-state index in [9.17, 15) is 13.2 Å². The summed E-state index contributed by atoms with van der Waals surface area (Å²) in [7, 11) is -3.67. The Bertz CT molecular complexity index is 1090. The zero-order valence-corrected chi connectivity index (χ0v) is 23.3. The Morgan fingerprint density at radius 1 is 0.923 bits per heavy atom. The van der Waals surface area contributed by atoms with Crippen molar-refractivity contribution < 1.29 is 32.8 Å². The van der Waals surface area contributed by atoms with Gasteiger partial charge in [-0.2, -0.15) is 23.9 Å². The van der Waals surface area contributed by atoms with Crippen molar-refractivity contribution in [3.05, 3.63) is 29.8 Å². The van der Waals surface area contributed by atoms with Gasteiger partial charge in [0, 0.05) is 50.7 Å². The lowest BCUT2D eigenvalue weighted by Crippen LogP contribution is -2.65. The molecule has 0 aromatic heterocycles. The van der Waals surface area contributed by atoms with Gasteiger partial charge >= 0.3 is 0 Å². The first-order valence-corrected chi connectivity index (χ1v) is 16.1. The fourth-order valence-corrected chi connectivity index (χ4v) is 8.92. The minimum absolute atomic E-state index is 0.0136. The SMILES string of the molecule is NCCCCNC(=O)CCc1ccc(S(=O)(=O)N2CCC3(CC2)OOC2(OO3)C3CC4CC(C3)CC2C4)cc1. The number of hydrogen-bond acceptors (Lipinski definition) is 8. The maximum atomic E-state index is 13.3. The van der Waals surface area contributed by atoms with Crippen LogP contribution in [0.25, 0.3) is 0 Å². The number of sulfonamides is 1. The van der Waals surface area contributed by atoms with Crippen LogP contribution in [-0.4, -0.2) is 56.4 Å². The molecule has 4 saturated carbocycles. The van der Waals surface area contributed by atoms with E-state index in [1.807, 2.05) is 0 Å². The molecule has 10 nitrogen and oxygen atoms in total. The smallest absolute Gasteiger partial charge is 0.243 e. The number of rotatable bonds is 9. The molecule has 0 atom stereocenters. The first kappa shape index (κ1) is 27.6. The van der Waals surface area contributed by atoms with E-state index in [4.69, 9.17) is 25.3 Å². The maximum absolute atomic E-state index is 13.3. The highest BCUT2D eigenvalue weighted by Crippen LogP contribution is 2.61. The number of nitrogens with two attached hydrogens (primary N) is 1. The second kappa shape index (κ2) is 11.0. The molecule has 2 saturated heterocycles. The van der Waals surface area contributed by atoms with Crippen LogP contribution in [-0.2, 0) is 40.8 Å². The van der Waals surface area contributed by atoms with E-state index in [1.165, 1.54) is 10.7 Å². The van der Waals surface area contributed by atoms with Crippen LogP contribution in [0.3, 0.4) is 0 Å². The van der Waals surface area contributed by atoms with E-state index in [1.54, 1.807) is 24.3 Å². The third kappa shape index (κ3) is 5.39. The molecular weight excluding hydrogens is 522 g/mol. The lowest BCUT2D eigenvalue weighted by atomic mass is 9.53. The number of carbonyl (C=O) groups is 1. The minimum atomic E-state index is -3.67. The zero-order valence-electron chi connectivity index (χ0n) is 22.5. The summed E-state index contributed by atoms with van der Waals surface area (Å²) in [5, 5.41) is 2.89. The van der Waals surface area contributed by atoms with Gasteiger partial charge < -0.3 is 11.1 Å². The van der Waals surface area contributed by atoms with E-state index >= 15 is 0 Å². The number of hydrogen-bond donors (Lipinski definition) is 2. The summed E-state index contributed by atoms with van der Waals surface area (Å²) < 4.78 is 28.1. The van der Waals surface area contributed by atoms with Crippen LogP contribution >= 0.6 is 0 Å². The molecule has 6 fully saturated rings. The van der Waals surface area contributed by atoms with Crippen molar-refractivity contribution in [2.75, 3.05) is 26.2 Å². The lowest BCUT2D eigenvalue weighted by Gasteiger charge is -2.60. The molecule has 39 heavy (non-hydrogen) atoms. The fraction of sp³-hybridized carbons (Fsp3) is 0.750. The molecule has 216 valence electrons. The van der Waals surface area contributed by atoms with Crippen molar-refractivity contribution in [2.24, 2.45) is 29.4 Å². The van der Waals surface area contributed by atoms with E-state index < -0.39 is 21.6 Å². The Labute approximate surface area is 230 Å². The number of nitrogens with one attached hydrogen (secondary N) is 1. The molecule has 3 N–H and O–H groups in total. The Hall–Kier alpha value is -1.60. The second-order valence-electron chi connectivity index (χ2n) is 12.2. The molecule has 2 heterocycles. The number of aryl methyl sites for hydroxylation is 1. The predicted octanol–water partition coefficient (Wildman–Crippen LogP) is 3.02. The standard InChI is InChI=1S/C28H41N3O7S/c29-11-1-2-12-30-26(32)8-5-20-3-6-25(7-4-20)39(33,34)31-13-9-27(10-14-31)35-37-28(38-36-27)23-16-21-15-22(18-23)19-24(28)17-21/h3-4,6-7,21-24H,1-2,5,8-19,29H2,(H,30,32). The van der Waals surface area contributed by atoms with Crippen LogP contribution in [0.1, 0.15) is 69.8 Å². The summed E-state index contributed by atoms with van der Waals surface area (Å²) in [4.78, 5) is 36.3. The molecule has 1 amide bonds. The van der Waals surface area contributed by atoms with Crippen LogP contribution in [0.15, 0.2) is 29.2 Å². The number of piperidine rings is 1. The highest BCUT2D eigenvalue weighted by Gasteiger charge is 2.64. The second-order valence-corrected chi connectivity index (χ2v) is 14.1. The molecule has 1 aromatic rings. The fourth-order valence-electron chi connectivity index (χ4n) is 7.48. The first-order valence-electron chi connectivity index (χ1n) is 14.6. The van der Waals surface area contributed by atoms with Crippen molar-refractivity contribution in [1.29, 1.82) is 0 Å².